The van der Waals surface area contributed by atoms with E-state index in [0.717, 1.165) is 28.8 Å². The van der Waals surface area contributed by atoms with Gasteiger partial charge in [0.15, 0.2) is 16.5 Å². The SMILES string of the molecule is CCOc1cc(/C=c2\sc3nc4ccccc4n3c2=O)ccc1O[C@@H](C)CC. The van der Waals surface area contributed by atoms with Gasteiger partial charge in [0.2, 0.25) is 0 Å². The van der Waals surface area contributed by atoms with E-state index in [1.165, 1.54) is 11.3 Å². The first kappa shape index (κ1) is 18.5. The Balaban J connectivity index is 1.79. The summed E-state index contributed by atoms with van der Waals surface area (Å²) in [7, 11) is 0. The van der Waals surface area contributed by atoms with E-state index in [0.29, 0.717) is 21.8 Å². The maximum absolute atomic E-state index is 12.9. The third-order valence-corrected chi connectivity index (χ3v) is 5.58. The Morgan fingerprint density at radius 1 is 1.18 bits per heavy atom. The van der Waals surface area contributed by atoms with Gasteiger partial charge in [0.05, 0.1) is 28.3 Å². The lowest BCUT2D eigenvalue weighted by atomic mass is 10.2. The molecule has 0 fully saturated rings. The van der Waals surface area contributed by atoms with E-state index < -0.39 is 0 Å². The average molecular weight is 394 g/mol. The van der Waals surface area contributed by atoms with Crippen molar-refractivity contribution in [2.24, 2.45) is 0 Å². The van der Waals surface area contributed by atoms with Crippen molar-refractivity contribution in [1.29, 1.82) is 0 Å². The number of hydrogen-bond donors (Lipinski definition) is 0. The van der Waals surface area contributed by atoms with Gasteiger partial charge in [-0.25, -0.2) is 9.38 Å². The highest BCUT2D eigenvalue weighted by Gasteiger charge is 2.12. The molecular weight excluding hydrogens is 372 g/mol. The summed E-state index contributed by atoms with van der Waals surface area (Å²) in [5.74, 6) is 1.42. The molecule has 4 aromatic rings. The fourth-order valence-corrected chi connectivity index (χ4v) is 4.03. The third kappa shape index (κ3) is 3.36. The molecule has 0 saturated heterocycles. The Morgan fingerprint density at radius 2 is 2.00 bits per heavy atom. The fraction of sp³-hybridized carbons (Fsp3) is 0.273. The summed E-state index contributed by atoms with van der Waals surface area (Å²) in [4.78, 5) is 18.2. The zero-order valence-electron chi connectivity index (χ0n) is 16.1. The smallest absolute Gasteiger partial charge is 0.274 e. The fourth-order valence-electron chi connectivity index (χ4n) is 3.04. The molecule has 28 heavy (non-hydrogen) atoms. The van der Waals surface area contributed by atoms with Gasteiger partial charge < -0.3 is 9.47 Å². The number of hydrogen-bond acceptors (Lipinski definition) is 5. The summed E-state index contributed by atoms with van der Waals surface area (Å²) < 4.78 is 14.0. The van der Waals surface area contributed by atoms with Crippen LogP contribution < -0.4 is 19.6 Å². The summed E-state index contributed by atoms with van der Waals surface area (Å²) in [5, 5.41) is 0. The largest absolute Gasteiger partial charge is 0.490 e. The molecule has 0 radical (unpaired) electrons. The molecule has 6 heteroatoms. The van der Waals surface area contributed by atoms with Crippen LogP contribution in [0.25, 0.3) is 22.1 Å². The lowest BCUT2D eigenvalue weighted by Gasteiger charge is -2.16. The highest BCUT2D eigenvalue weighted by Crippen LogP contribution is 2.30. The van der Waals surface area contributed by atoms with Crippen LogP contribution in [0.3, 0.4) is 0 Å². The lowest BCUT2D eigenvalue weighted by Crippen LogP contribution is -2.22. The van der Waals surface area contributed by atoms with Crippen molar-refractivity contribution in [3.05, 3.63) is 62.9 Å². The Kier molecular flexibility index (Phi) is 5.05. The zero-order chi connectivity index (χ0) is 19.7. The van der Waals surface area contributed by atoms with Crippen LogP contribution in [0.15, 0.2) is 47.3 Å². The maximum Gasteiger partial charge on any atom is 0.274 e. The van der Waals surface area contributed by atoms with Crippen molar-refractivity contribution in [1.82, 2.24) is 9.38 Å². The summed E-state index contributed by atoms with van der Waals surface area (Å²) >= 11 is 1.39. The van der Waals surface area contributed by atoms with Gasteiger partial charge in [-0.2, -0.15) is 0 Å². The molecule has 4 rings (SSSR count). The second kappa shape index (κ2) is 7.64. The quantitative estimate of drug-likeness (QED) is 0.495. The Hall–Kier alpha value is -2.86. The van der Waals surface area contributed by atoms with E-state index in [-0.39, 0.29) is 11.7 Å². The molecule has 5 nitrogen and oxygen atoms in total. The molecule has 0 aliphatic rings. The number of para-hydroxylation sites is 2. The van der Waals surface area contributed by atoms with E-state index in [1.807, 2.05) is 62.4 Å². The predicted octanol–water partition coefficient (Wildman–Crippen LogP) is 4.03. The van der Waals surface area contributed by atoms with Crippen molar-refractivity contribution in [2.45, 2.75) is 33.3 Å². The highest BCUT2D eigenvalue weighted by molar-refractivity contribution is 7.15. The topological polar surface area (TPSA) is 52.8 Å². The monoisotopic (exact) mass is 394 g/mol. The summed E-state index contributed by atoms with van der Waals surface area (Å²) in [5.41, 5.74) is 2.52. The minimum Gasteiger partial charge on any atom is -0.490 e. The van der Waals surface area contributed by atoms with E-state index in [9.17, 15) is 4.79 Å². The van der Waals surface area contributed by atoms with E-state index in [2.05, 4.69) is 11.9 Å². The van der Waals surface area contributed by atoms with Crippen LogP contribution in [0, 0.1) is 0 Å². The average Bonchev–Trinajstić information content (AvgIpc) is 3.20. The third-order valence-electron chi connectivity index (χ3n) is 4.61. The molecule has 0 spiro atoms. The van der Waals surface area contributed by atoms with Gasteiger partial charge in [0.25, 0.3) is 5.56 Å². The molecule has 0 amide bonds. The van der Waals surface area contributed by atoms with Crippen molar-refractivity contribution in [3.63, 3.8) is 0 Å². The van der Waals surface area contributed by atoms with Crippen molar-refractivity contribution in [2.75, 3.05) is 6.61 Å². The number of ether oxygens (including phenoxy) is 2. The molecule has 2 aromatic carbocycles. The van der Waals surface area contributed by atoms with E-state index >= 15 is 0 Å². The van der Waals surface area contributed by atoms with Gasteiger partial charge in [-0.3, -0.25) is 4.79 Å². The van der Waals surface area contributed by atoms with Crippen LogP contribution in [0.4, 0.5) is 0 Å². The van der Waals surface area contributed by atoms with Gasteiger partial charge in [-0.1, -0.05) is 36.5 Å². The molecular formula is C22H22N2O3S. The van der Waals surface area contributed by atoms with Crippen LogP contribution in [-0.4, -0.2) is 22.1 Å². The van der Waals surface area contributed by atoms with Crippen molar-refractivity contribution in [3.8, 4) is 11.5 Å². The molecule has 2 aromatic heterocycles. The van der Waals surface area contributed by atoms with E-state index in [4.69, 9.17) is 9.47 Å². The predicted molar refractivity (Wildman–Crippen MR) is 114 cm³/mol. The second-order valence-electron chi connectivity index (χ2n) is 6.61. The molecule has 0 aliphatic heterocycles. The number of nitrogens with zero attached hydrogens (tertiary/aromatic N) is 2. The van der Waals surface area contributed by atoms with Crippen LogP contribution in [0.2, 0.25) is 0 Å². The zero-order valence-corrected chi connectivity index (χ0v) is 17.0. The molecule has 2 heterocycles. The van der Waals surface area contributed by atoms with Crippen molar-refractivity contribution >= 4 is 33.4 Å². The highest BCUT2D eigenvalue weighted by atomic mass is 32.1. The number of benzene rings is 2. The van der Waals surface area contributed by atoms with Crippen molar-refractivity contribution < 1.29 is 9.47 Å². The van der Waals surface area contributed by atoms with Crippen LogP contribution in [0.1, 0.15) is 32.8 Å². The Morgan fingerprint density at radius 3 is 2.79 bits per heavy atom. The maximum atomic E-state index is 12.9. The normalized spacial score (nSPS) is 13.3. The molecule has 0 saturated carbocycles. The number of imidazole rings is 1. The first-order valence-corrected chi connectivity index (χ1v) is 10.3. The van der Waals surface area contributed by atoms with Gasteiger partial charge >= 0.3 is 0 Å². The van der Waals surface area contributed by atoms with Gasteiger partial charge in [-0.15, -0.1) is 0 Å². The number of thiazole rings is 1. The standard InChI is InChI=1S/C22H22N2O3S/c1-4-14(3)27-18-11-10-15(12-19(18)26-5-2)13-20-21(25)24-17-9-7-6-8-16(17)23-22(24)28-20/h6-14H,4-5H2,1-3H3/b20-13-/t14-/m0/s1. The lowest BCUT2D eigenvalue weighted by molar-refractivity contribution is 0.203. The molecule has 0 aliphatic carbocycles. The number of rotatable bonds is 6. The number of fused-ring (bicyclic) bond motifs is 3. The Bertz CT molecular complexity index is 1240. The van der Waals surface area contributed by atoms with E-state index in [1.54, 1.807) is 4.40 Å². The first-order valence-electron chi connectivity index (χ1n) is 9.46. The van der Waals surface area contributed by atoms with Gasteiger partial charge in [-0.05, 0) is 56.2 Å². The van der Waals surface area contributed by atoms with Crippen LogP contribution in [-0.2, 0) is 0 Å². The molecule has 144 valence electrons. The Labute approximate surface area is 166 Å². The minimum atomic E-state index is -0.0495. The summed E-state index contributed by atoms with van der Waals surface area (Å²) in [6.45, 7) is 6.61. The second-order valence-corrected chi connectivity index (χ2v) is 7.62. The molecule has 0 N–H and O–H groups in total. The molecule has 1 atom stereocenters. The first-order chi connectivity index (χ1) is 13.6. The van der Waals surface area contributed by atoms with Gasteiger partial charge in [0, 0.05) is 0 Å². The minimum absolute atomic E-state index is 0.0495. The summed E-state index contributed by atoms with van der Waals surface area (Å²) in [6.07, 6.45) is 2.91. The van der Waals surface area contributed by atoms with Crippen LogP contribution in [0.5, 0.6) is 11.5 Å². The summed E-state index contributed by atoms with van der Waals surface area (Å²) in [6, 6.07) is 13.4. The van der Waals surface area contributed by atoms with Crippen LogP contribution >= 0.6 is 11.3 Å². The molecule has 0 bridgehead atoms. The van der Waals surface area contributed by atoms with Gasteiger partial charge in [0.1, 0.15) is 0 Å². The molecule has 0 unspecified atom stereocenters. The number of aromatic nitrogens is 2.